The molecule has 1 atom stereocenters. The van der Waals surface area contributed by atoms with Gasteiger partial charge in [-0.15, -0.1) is 0 Å². The van der Waals surface area contributed by atoms with E-state index in [9.17, 15) is 9.90 Å². The molecular formula is C13H24N2O2. The number of amides is 1. The van der Waals surface area contributed by atoms with E-state index in [1.54, 1.807) is 0 Å². The molecule has 1 aliphatic heterocycles. The summed E-state index contributed by atoms with van der Waals surface area (Å²) in [6.45, 7) is 6.75. The van der Waals surface area contributed by atoms with Crippen LogP contribution in [0.3, 0.4) is 0 Å². The van der Waals surface area contributed by atoms with Gasteiger partial charge in [0, 0.05) is 19.1 Å². The lowest BCUT2D eigenvalue weighted by Gasteiger charge is -2.37. The van der Waals surface area contributed by atoms with Crippen LogP contribution in [0.2, 0.25) is 0 Å². The van der Waals surface area contributed by atoms with Crippen molar-refractivity contribution in [3.05, 3.63) is 0 Å². The number of hydrogen-bond donors (Lipinski definition) is 1. The van der Waals surface area contributed by atoms with E-state index in [4.69, 9.17) is 0 Å². The molecule has 4 nitrogen and oxygen atoms in total. The Kier molecular flexibility index (Phi) is 3.73. The lowest BCUT2D eigenvalue weighted by atomic mass is 9.95. The first-order valence-corrected chi connectivity index (χ1v) is 6.76. The summed E-state index contributed by atoms with van der Waals surface area (Å²) in [5.41, 5.74) is -0.616. The highest BCUT2D eigenvalue weighted by Gasteiger charge is 2.34. The highest BCUT2D eigenvalue weighted by atomic mass is 16.3. The Hall–Kier alpha value is -0.610. The summed E-state index contributed by atoms with van der Waals surface area (Å²) in [6, 6.07) is 0.498. The minimum Gasteiger partial charge on any atom is -0.389 e. The second-order valence-electron chi connectivity index (χ2n) is 5.72. The number of hydrogen-bond acceptors (Lipinski definition) is 3. The first kappa shape index (κ1) is 12.8. The Morgan fingerprint density at radius 2 is 2.24 bits per heavy atom. The van der Waals surface area contributed by atoms with E-state index in [0.717, 1.165) is 38.8 Å². The fourth-order valence-electron chi connectivity index (χ4n) is 2.76. The molecule has 0 spiro atoms. The zero-order chi connectivity index (χ0) is 12.5. The van der Waals surface area contributed by atoms with Gasteiger partial charge in [-0.05, 0) is 46.1 Å². The number of carbonyl (C=O) groups is 1. The molecule has 0 aromatic heterocycles. The van der Waals surface area contributed by atoms with Crippen molar-refractivity contribution in [3.8, 4) is 0 Å². The molecule has 2 aliphatic rings. The number of β-amino-alcohol motifs (C(OH)–C–C–N with tert-alkyl or cyclic N) is 1. The predicted molar refractivity (Wildman–Crippen MR) is 66.7 cm³/mol. The van der Waals surface area contributed by atoms with E-state index < -0.39 is 5.60 Å². The van der Waals surface area contributed by atoms with Gasteiger partial charge in [0.15, 0.2) is 0 Å². The summed E-state index contributed by atoms with van der Waals surface area (Å²) in [4.78, 5) is 16.2. The largest absolute Gasteiger partial charge is 0.389 e. The molecular weight excluding hydrogens is 216 g/mol. The monoisotopic (exact) mass is 240 g/mol. The third-order valence-electron chi connectivity index (χ3n) is 3.76. The SMILES string of the molecule is CCN(C(=O)CN1CCCC(C)(O)C1)C1CC1. The molecule has 1 N–H and O–H groups in total. The van der Waals surface area contributed by atoms with Crippen LogP contribution in [-0.2, 0) is 4.79 Å². The molecule has 0 radical (unpaired) electrons. The molecule has 0 bridgehead atoms. The van der Waals surface area contributed by atoms with Crippen molar-refractivity contribution < 1.29 is 9.90 Å². The van der Waals surface area contributed by atoms with Gasteiger partial charge in [-0.1, -0.05) is 0 Å². The average molecular weight is 240 g/mol. The third kappa shape index (κ3) is 3.42. The zero-order valence-electron chi connectivity index (χ0n) is 11.0. The van der Waals surface area contributed by atoms with Crippen LogP contribution >= 0.6 is 0 Å². The van der Waals surface area contributed by atoms with Crippen LogP contribution in [0.5, 0.6) is 0 Å². The second kappa shape index (κ2) is 4.94. The summed E-state index contributed by atoms with van der Waals surface area (Å²) in [7, 11) is 0. The number of likely N-dealkylation sites (tertiary alicyclic amines) is 1. The Bertz CT molecular complexity index is 287. The van der Waals surface area contributed by atoms with E-state index in [1.165, 1.54) is 0 Å². The van der Waals surface area contributed by atoms with Gasteiger partial charge in [0.2, 0.25) is 5.91 Å². The number of rotatable bonds is 4. The van der Waals surface area contributed by atoms with E-state index >= 15 is 0 Å². The van der Waals surface area contributed by atoms with Crippen LogP contribution in [0.25, 0.3) is 0 Å². The number of nitrogens with zero attached hydrogens (tertiary/aromatic N) is 2. The summed E-state index contributed by atoms with van der Waals surface area (Å²) in [5, 5.41) is 10.0. The van der Waals surface area contributed by atoms with Crippen molar-refractivity contribution in [1.29, 1.82) is 0 Å². The molecule has 17 heavy (non-hydrogen) atoms. The maximum Gasteiger partial charge on any atom is 0.236 e. The maximum absolute atomic E-state index is 12.1. The highest BCUT2D eigenvalue weighted by molar-refractivity contribution is 5.79. The molecule has 2 rings (SSSR count). The fraction of sp³-hybridized carbons (Fsp3) is 0.923. The normalized spacial score (nSPS) is 30.3. The van der Waals surface area contributed by atoms with Crippen molar-refractivity contribution >= 4 is 5.91 Å². The van der Waals surface area contributed by atoms with Gasteiger partial charge in [-0.2, -0.15) is 0 Å². The second-order valence-corrected chi connectivity index (χ2v) is 5.72. The van der Waals surface area contributed by atoms with Crippen molar-refractivity contribution in [3.63, 3.8) is 0 Å². The molecule has 1 heterocycles. The average Bonchev–Trinajstić information content (AvgIpc) is 3.01. The first-order valence-electron chi connectivity index (χ1n) is 6.76. The number of carbonyl (C=O) groups excluding carboxylic acids is 1. The van der Waals surface area contributed by atoms with Crippen LogP contribution in [0, 0.1) is 0 Å². The molecule has 1 saturated carbocycles. The van der Waals surface area contributed by atoms with Crippen LogP contribution in [0.15, 0.2) is 0 Å². The molecule has 0 aromatic carbocycles. The van der Waals surface area contributed by atoms with Gasteiger partial charge in [-0.25, -0.2) is 0 Å². The van der Waals surface area contributed by atoms with Gasteiger partial charge in [-0.3, -0.25) is 9.69 Å². The van der Waals surface area contributed by atoms with Gasteiger partial charge in [0.05, 0.1) is 12.1 Å². The van der Waals surface area contributed by atoms with E-state index in [1.807, 2.05) is 18.7 Å². The van der Waals surface area contributed by atoms with Crippen LogP contribution in [0.4, 0.5) is 0 Å². The topological polar surface area (TPSA) is 43.8 Å². The lowest BCUT2D eigenvalue weighted by molar-refractivity contribution is -0.134. The van der Waals surface area contributed by atoms with Crippen molar-refractivity contribution in [2.45, 2.75) is 51.2 Å². The van der Waals surface area contributed by atoms with Gasteiger partial charge in [0.1, 0.15) is 0 Å². The zero-order valence-corrected chi connectivity index (χ0v) is 11.0. The van der Waals surface area contributed by atoms with Gasteiger partial charge >= 0.3 is 0 Å². The van der Waals surface area contributed by atoms with Gasteiger partial charge < -0.3 is 10.0 Å². The molecule has 1 unspecified atom stereocenters. The Morgan fingerprint density at radius 1 is 1.53 bits per heavy atom. The molecule has 0 aromatic rings. The van der Waals surface area contributed by atoms with Crippen LogP contribution in [0.1, 0.15) is 39.5 Å². The molecule has 1 amide bonds. The maximum atomic E-state index is 12.1. The predicted octanol–water partition coefficient (Wildman–Crippen LogP) is 0.844. The van der Waals surface area contributed by atoms with Crippen molar-refractivity contribution in [2.75, 3.05) is 26.2 Å². The Labute approximate surface area is 104 Å². The van der Waals surface area contributed by atoms with E-state index in [-0.39, 0.29) is 5.91 Å². The molecule has 2 fully saturated rings. The molecule has 1 aliphatic carbocycles. The minimum absolute atomic E-state index is 0.229. The number of likely N-dealkylation sites (N-methyl/N-ethyl adjacent to an activating group) is 1. The highest BCUT2D eigenvalue weighted by Crippen LogP contribution is 2.27. The molecule has 4 heteroatoms. The van der Waals surface area contributed by atoms with Crippen LogP contribution < -0.4 is 0 Å². The number of aliphatic hydroxyl groups is 1. The van der Waals surface area contributed by atoms with E-state index in [2.05, 4.69) is 4.90 Å². The summed E-state index contributed by atoms with van der Waals surface area (Å²) < 4.78 is 0. The van der Waals surface area contributed by atoms with Crippen LogP contribution in [-0.4, -0.2) is 58.6 Å². The lowest BCUT2D eigenvalue weighted by Crippen LogP contribution is -2.50. The summed E-state index contributed by atoms with van der Waals surface area (Å²) >= 11 is 0. The summed E-state index contributed by atoms with van der Waals surface area (Å²) in [6.07, 6.45) is 4.15. The fourth-order valence-corrected chi connectivity index (χ4v) is 2.76. The van der Waals surface area contributed by atoms with E-state index in [0.29, 0.717) is 19.1 Å². The van der Waals surface area contributed by atoms with Crippen molar-refractivity contribution in [2.24, 2.45) is 0 Å². The smallest absolute Gasteiger partial charge is 0.236 e. The quantitative estimate of drug-likeness (QED) is 0.792. The standard InChI is InChI=1S/C13H24N2O2/c1-3-15(11-5-6-11)12(16)9-14-8-4-7-13(2,17)10-14/h11,17H,3-10H2,1-2H3. The molecule has 1 saturated heterocycles. The van der Waals surface area contributed by atoms with Gasteiger partial charge in [0.25, 0.3) is 0 Å². The Morgan fingerprint density at radius 3 is 2.76 bits per heavy atom. The third-order valence-corrected chi connectivity index (χ3v) is 3.76. The molecule has 98 valence electrons. The summed E-state index contributed by atoms with van der Waals surface area (Å²) in [5.74, 6) is 0.229. The Balaban J connectivity index is 1.85. The van der Waals surface area contributed by atoms with Crippen molar-refractivity contribution in [1.82, 2.24) is 9.80 Å². The minimum atomic E-state index is -0.616. The number of piperidine rings is 1. The first-order chi connectivity index (χ1) is 8.02.